The van der Waals surface area contributed by atoms with Crippen molar-refractivity contribution < 1.29 is 34.8 Å². The highest BCUT2D eigenvalue weighted by Gasteiger charge is 2.75. The third-order valence-corrected chi connectivity index (χ3v) is 6.03. The molecule has 7 heteroatoms. The van der Waals surface area contributed by atoms with Crippen molar-refractivity contribution in [1.82, 2.24) is 0 Å². The molecule has 4 aliphatic carbocycles. The molecule has 0 radical (unpaired) electrons. The van der Waals surface area contributed by atoms with Crippen molar-refractivity contribution in [2.24, 2.45) is 21.7 Å². The molecule has 0 aromatic carbocycles. The number of allylic oxidation sites excluding steroid dienone is 1. The number of carboxylic acid groups (broad SMARTS) is 3. The molecule has 4 N–H and O–H groups in total. The molecule has 4 rings (SSSR count). The Morgan fingerprint density at radius 3 is 1.00 bits per heavy atom. The fourth-order valence-electron chi connectivity index (χ4n) is 5.62. The van der Waals surface area contributed by atoms with Gasteiger partial charge in [0.15, 0.2) is 0 Å². The number of aliphatic hydroxyl groups excluding tert-OH is 1. The van der Waals surface area contributed by atoms with Crippen LogP contribution in [-0.4, -0.2) is 38.3 Å². The molecule has 0 atom stereocenters. The number of carbonyl (C=O) groups is 3. The van der Waals surface area contributed by atoms with Crippen LogP contribution in [-0.2, 0) is 14.4 Å². The van der Waals surface area contributed by atoms with Gasteiger partial charge in [0.1, 0.15) is 0 Å². The van der Waals surface area contributed by atoms with E-state index in [9.17, 15) is 34.8 Å². The maximum absolute atomic E-state index is 11.9. The van der Waals surface area contributed by atoms with Crippen LogP contribution in [0.25, 0.3) is 0 Å². The van der Waals surface area contributed by atoms with Crippen LogP contribution < -0.4 is 0 Å². The summed E-state index contributed by atoms with van der Waals surface area (Å²) in [5, 5.41) is 39.0. The van der Waals surface area contributed by atoms with E-state index in [4.69, 9.17) is 0 Å². The van der Waals surface area contributed by atoms with Gasteiger partial charge in [-0.3, -0.25) is 14.4 Å². The lowest BCUT2D eigenvalue weighted by atomic mass is 9.35. The van der Waals surface area contributed by atoms with Gasteiger partial charge >= 0.3 is 17.9 Å². The monoisotopic (exact) mass is 310 g/mol. The molecule has 22 heavy (non-hydrogen) atoms. The summed E-state index contributed by atoms with van der Waals surface area (Å²) >= 11 is 0. The highest BCUT2D eigenvalue weighted by molar-refractivity contribution is 5.86. The Kier molecular flexibility index (Phi) is 2.59. The fraction of sp³-hybridized carbons (Fsp3) is 0.667. The zero-order valence-electron chi connectivity index (χ0n) is 12.0. The second kappa shape index (κ2) is 3.83. The van der Waals surface area contributed by atoms with Gasteiger partial charge in [0.25, 0.3) is 0 Å². The zero-order valence-corrected chi connectivity index (χ0v) is 12.0. The number of hydrogen-bond acceptors (Lipinski definition) is 4. The molecule has 4 bridgehead atoms. The van der Waals surface area contributed by atoms with Gasteiger partial charge in [-0.15, -0.1) is 0 Å². The maximum Gasteiger partial charge on any atom is 0.309 e. The summed E-state index contributed by atoms with van der Waals surface area (Å²) in [6.45, 7) is 3.49. The molecule has 0 aromatic rings. The largest absolute Gasteiger partial charge is 0.512 e. The molecule has 0 aliphatic heterocycles. The van der Waals surface area contributed by atoms with Crippen LogP contribution in [0.2, 0.25) is 0 Å². The van der Waals surface area contributed by atoms with Gasteiger partial charge in [-0.05, 0) is 38.5 Å². The summed E-state index contributed by atoms with van der Waals surface area (Å²) < 4.78 is 0. The minimum atomic E-state index is -1.43. The van der Waals surface area contributed by atoms with Crippen LogP contribution in [0.3, 0.4) is 0 Å². The molecule has 120 valence electrons. The van der Waals surface area contributed by atoms with Gasteiger partial charge in [0, 0.05) is 5.41 Å². The zero-order chi connectivity index (χ0) is 16.6. The average molecular weight is 310 g/mol. The number of carboxylic acids is 3. The van der Waals surface area contributed by atoms with Crippen molar-refractivity contribution in [1.29, 1.82) is 0 Å². The van der Waals surface area contributed by atoms with Crippen molar-refractivity contribution in [3.8, 4) is 0 Å². The maximum atomic E-state index is 11.9. The van der Waals surface area contributed by atoms with E-state index >= 15 is 0 Å². The minimum Gasteiger partial charge on any atom is -0.512 e. The molecule has 0 saturated heterocycles. The molecule has 4 saturated carbocycles. The van der Waals surface area contributed by atoms with Gasteiger partial charge in [0.2, 0.25) is 0 Å². The molecule has 4 fully saturated rings. The molecule has 4 aliphatic rings. The number of rotatable bonds is 4. The Hall–Kier alpha value is -2.05. The summed E-state index contributed by atoms with van der Waals surface area (Å²) in [4.78, 5) is 35.6. The van der Waals surface area contributed by atoms with Gasteiger partial charge < -0.3 is 20.4 Å². The fourth-order valence-corrected chi connectivity index (χ4v) is 5.62. The van der Waals surface area contributed by atoms with Crippen molar-refractivity contribution in [2.75, 3.05) is 0 Å². The van der Waals surface area contributed by atoms with Gasteiger partial charge in [-0.2, -0.15) is 0 Å². The molecule has 0 amide bonds. The summed E-state index contributed by atoms with van der Waals surface area (Å²) in [6.07, 6.45) is -0.115. The summed E-state index contributed by atoms with van der Waals surface area (Å²) in [5.41, 5.74) is -5.45. The SMILES string of the molecule is C=C(O)C12CC3(C(=O)O)CC(C(=O)O)(C1)CC(C(=O)O)(C2)C3. The van der Waals surface area contributed by atoms with Crippen molar-refractivity contribution in [3.05, 3.63) is 12.3 Å². The van der Waals surface area contributed by atoms with E-state index in [2.05, 4.69) is 6.58 Å². The van der Waals surface area contributed by atoms with Crippen molar-refractivity contribution >= 4 is 17.9 Å². The standard InChI is InChI=1S/C15H18O7/c1-8(16)12-2-13(9(17)18)5-14(3-12,10(19)20)7-15(4-12,6-13)11(21)22/h16H,1-7H2,(H,17,18)(H,19,20)(H,21,22). The second-order valence-electron chi connectivity index (χ2n) is 7.54. The topological polar surface area (TPSA) is 132 Å². The smallest absolute Gasteiger partial charge is 0.309 e. The van der Waals surface area contributed by atoms with Crippen LogP contribution >= 0.6 is 0 Å². The highest BCUT2D eigenvalue weighted by atomic mass is 16.4. The van der Waals surface area contributed by atoms with E-state index in [0.29, 0.717) is 0 Å². The molecule has 0 heterocycles. The number of aliphatic hydroxyl groups is 1. The van der Waals surface area contributed by atoms with Crippen LogP contribution in [0.5, 0.6) is 0 Å². The van der Waals surface area contributed by atoms with E-state index in [-0.39, 0.29) is 44.3 Å². The number of hydrogen-bond donors (Lipinski definition) is 4. The predicted octanol–water partition coefficient (Wildman–Crippen LogP) is 1.64. The molecule has 7 nitrogen and oxygen atoms in total. The summed E-state index contributed by atoms with van der Waals surface area (Å²) in [7, 11) is 0. The van der Waals surface area contributed by atoms with Gasteiger partial charge in [0.05, 0.1) is 22.0 Å². The first-order valence-electron chi connectivity index (χ1n) is 7.10. The summed E-state index contributed by atoms with van der Waals surface area (Å²) in [5.74, 6) is -3.86. The first-order chi connectivity index (χ1) is 10.0. The quantitative estimate of drug-likeness (QED) is 0.580. The number of aliphatic carboxylic acids is 3. The van der Waals surface area contributed by atoms with Crippen LogP contribution in [0, 0.1) is 21.7 Å². The lowest BCUT2D eigenvalue weighted by Crippen LogP contribution is -2.67. The lowest BCUT2D eigenvalue weighted by molar-refractivity contribution is -0.224. The Labute approximate surface area is 126 Å². The van der Waals surface area contributed by atoms with Gasteiger partial charge in [-0.1, -0.05) is 6.58 Å². The minimum absolute atomic E-state index is 0.0503. The second-order valence-corrected chi connectivity index (χ2v) is 7.54. The lowest BCUT2D eigenvalue weighted by Gasteiger charge is -2.66. The Bertz CT molecular complexity index is 476. The van der Waals surface area contributed by atoms with E-state index < -0.39 is 39.6 Å². The molecule has 0 aromatic heterocycles. The molecular weight excluding hydrogens is 292 g/mol. The third kappa shape index (κ3) is 1.54. The summed E-state index contributed by atoms with van der Waals surface area (Å²) in [6, 6.07) is 0. The van der Waals surface area contributed by atoms with Crippen LogP contribution in [0.4, 0.5) is 0 Å². The Morgan fingerprint density at radius 1 is 0.591 bits per heavy atom. The molecule has 0 spiro atoms. The van der Waals surface area contributed by atoms with E-state index in [1.165, 1.54) is 0 Å². The van der Waals surface area contributed by atoms with Crippen LogP contribution in [0.1, 0.15) is 38.5 Å². The Morgan fingerprint density at radius 2 is 0.818 bits per heavy atom. The molecule has 0 unspecified atom stereocenters. The third-order valence-electron chi connectivity index (χ3n) is 6.03. The first kappa shape index (κ1) is 14.9. The van der Waals surface area contributed by atoms with Crippen molar-refractivity contribution in [2.45, 2.75) is 38.5 Å². The van der Waals surface area contributed by atoms with E-state index in [0.717, 1.165) is 0 Å². The van der Waals surface area contributed by atoms with E-state index in [1.807, 2.05) is 0 Å². The van der Waals surface area contributed by atoms with E-state index in [1.54, 1.807) is 0 Å². The normalized spacial score (nSPS) is 45.5. The average Bonchev–Trinajstić information content (AvgIpc) is 2.36. The Balaban J connectivity index is 2.26. The molecular formula is C15H18O7. The predicted molar refractivity (Wildman–Crippen MR) is 72.1 cm³/mol. The van der Waals surface area contributed by atoms with Crippen LogP contribution in [0.15, 0.2) is 12.3 Å². The van der Waals surface area contributed by atoms with Crippen molar-refractivity contribution in [3.63, 3.8) is 0 Å². The highest BCUT2D eigenvalue weighted by Crippen LogP contribution is 2.75. The van der Waals surface area contributed by atoms with Gasteiger partial charge in [-0.25, -0.2) is 0 Å². The first-order valence-corrected chi connectivity index (χ1v) is 7.10.